The first kappa shape index (κ1) is 13.5. The summed E-state index contributed by atoms with van der Waals surface area (Å²) in [5.41, 5.74) is 7.06. The lowest BCUT2D eigenvalue weighted by Gasteiger charge is -2.20. The maximum atomic E-state index is 11.7. The lowest BCUT2D eigenvalue weighted by atomic mass is 10.1. The van der Waals surface area contributed by atoms with Gasteiger partial charge in [0.2, 0.25) is 0 Å². The first-order valence-corrected chi connectivity index (χ1v) is 5.46. The molecule has 0 heterocycles. The molecule has 1 aromatic carbocycles. The van der Waals surface area contributed by atoms with Gasteiger partial charge in [0.15, 0.2) is 0 Å². The highest BCUT2D eigenvalue weighted by Gasteiger charge is 2.27. The minimum atomic E-state index is -2.45. The fraction of sp³-hybridized carbons (Fsp3) is 0.417. The van der Waals surface area contributed by atoms with Gasteiger partial charge < -0.3 is 20.7 Å². The maximum Gasteiger partial charge on any atom is 0.344 e. The minimum absolute atomic E-state index is 0.119. The van der Waals surface area contributed by atoms with Crippen LogP contribution in [-0.4, -0.2) is 22.2 Å². The van der Waals surface area contributed by atoms with Gasteiger partial charge in [0, 0.05) is 12.1 Å². The summed E-state index contributed by atoms with van der Waals surface area (Å²) in [6, 6.07) is 4.97. The smallest absolute Gasteiger partial charge is 0.344 e. The number of esters is 1. The SMILES string of the molecule is CCc1cccc(C(=O)OC(O)(O)CC)c1N. The van der Waals surface area contributed by atoms with E-state index in [1.54, 1.807) is 12.1 Å². The zero-order valence-corrected chi connectivity index (χ0v) is 9.93. The number of hydrogen-bond donors (Lipinski definition) is 3. The van der Waals surface area contributed by atoms with Crippen LogP contribution in [-0.2, 0) is 11.2 Å². The molecule has 94 valence electrons. The minimum Gasteiger partial charge on any atom is -0.404 e. The molecule has 0 saturated heterocycles. The zero-order chi connectivity index (χ0) is 13.1. The molecule has 0 saturated carbocycles. The van der Waals surface area contributed by atoms with Gasteiger partial charge in [-0.1, -0.05) is 26.0 Å². The second kappa shape index (κ2) is 5.16. The molecular weight excluding hydrogens is 222 g/mol. The average molecular weight is 239 g/mol. The summed E-state index contributed by atoms with van der Waals surface area (Å²) in [4.78, 5) is 11.7. The van der Waals surface area contributed by atoms with E-state index < -0.39 is 11.9 Å². The van der Waals surface area contributed by atoms with Crippen molar-refractivity contribution in [1.29, 1.82) is 0 Å². The molecule has 17 heavy (non-hydrogen) atoms. The van der Waals surface area contributed by atoms with Crippen LogP contribution in [0.5, 0.6) is 0 Å². The monoisotopic (exact) mass is 239 g/mol. The standard InChI is InChI=1S/C12H17NO4/c1-3-8-6-5-7-9(10(8)13)11(14)17-12(15,16)4-2/h5-7,15-16H,3-4,13H2,1-2H3. The molecule has 0 aromatic heterocycles. The first-order chi connectivity index (χ1) is 7.91. The molecule has 0 spiro atoms. The van der Waals surface area contributed by atoms with Crippen LogP contribution in [0.4, 0.5) is 5.69 Å². The third-order valence-electron chi connectivity index (χ3n) is 2.51. The Morgan fingerprint density at radius 2 is 2.06 bits per heavy atom. The third kappa shape index (κ3) is 3.18. The first-order valence-electron chi connectivity index (χ1n) is 5.46. The van der Waals surface area contributed by atoms with E-state index in [0.29, 0.717) is 12.1 Å². The van der Waals surface area contributed by atoms with Gasteiger partial charge in [0.25, 0.3) is 0 Å². The predicted molar refractivity (Wildman–Crippen MR) is 63.1 cm³/mol. The predicted octanol–water partition coefficient (Wildman–Crippen LogP) is 1.04. The van der Waals surface area contributed by atoms with Crippen LogP contribution in [0.25, 0.3) is 0 Å². The number of carbonyl (C=O) groups is 1. The average Bonchev–Trinajstić information content (AvgIpc) is 2.28. The zero-order valence-electron chi connectivity index (χ0n) is 9.93. The fourth-order valence-electron chi connectivity index (χ4n) is 1.37. The molecule has 1 rings (SSSR count). The van der Waals surface area contributed by atoms with E-state index in [-0.39, 0.29) is 12.0 Å². The van der Waals surface area contributed by atoms with Crippen molar-refractivity contribution in [3.8, 4) is 0 Å². The second-order valence-corrected chi connectivity index (χ2v) is 3.72. The maximum absolute atomic E-state index is 11.7. The summed E-state index contributed by atoms with van der Waals surface area (Å²) >= 11 is 0. The van der Waals surface area contributed by atoms with E-state index >= 15 is 0 Å². The molecule has 1 aromatic rings. The number of rotatable bonds is 4. The van der Waals surface area contributed by atoms with Gasteiger partial charge in [0.1, 0.15) is 0 Å². The Balaban J connectivity index is 2.97. The Bertz CT molecular complexity index is 415. The molecule has 0 aliphatic rings. The van der Waals surface area contributed by atoms with Crippen LogP contribution in [0.1, 0.15) is 36.2 Å². The second-order valence-electron chi connectivity index (χ2n) is 3.72. The van der Waals surface area contributed by atoms with Crippen molar-refractivity contribution in [3.63, 3.8) is 0 Å². The van der Waals surface area contributed by atoms with Crippen molar-refractivity contribution >= 4 is 11.7 Å². The van der Waals surface area contributed by atoms with E-state index in [1.165, 1.54) is 13.0 Å². The highest BCUT2D eigenvalue weighted by molar-refractivity contribution is 5.95. The van der Waals surface area contributed by atoms with Crippen LogP contribution in [0, 0.1) is 0 Å². The van der Waals surface area contributed by atoms with Gasteiger partial charge in [-0.15, -0.1) is 0 Å². The van der Waals surface area contributed by atoms with Gasteiger partial charge in [-0.2, -0.15) is 0 Å². The number of anilines is 1. The molecule has 0 unspecified atom stereocenters. The molecule has 0 bridgehead atoms. The fourth-order valence-corrected chi connectivity index (χ4v) is 1.37. The van der Waals surface area contributed by atoms with Crippen molar-refractivity contribution in [2.24, 2.45) is 0 Å². The largest absolute Gasteiger partial charge is 0.404 e. The molecule has 0 aliphatic heterocycles. The van der Waals surface area contributed by atoms with E-state index in [9.17, 15) is 15.0 Å². The molecule has 4 N–H and O–H groups in total. The van der Waals surface area contributed by atoms with E-state index in [2.05, 4.69) is 4.74 Å². The van der Waals surface area contributed by atoms with Crippen LogP contribution < -0.4 is 5.73 Å². The normalized spacial score (nSPS) is 11.3. The highest BCUT2D eigenvalue weighted by Crippen LogP contribution is 2.21. The number of nitrogens with two attached hydrogens (primary N) is 1. The summed E-state index contributed by atoms with van der Waals surface area (Å²) in [5, 5.41) is 18.5. The molecule has 0 radical (unpaired) electrons. The van der Waals surface area contributed by atoms with E-state index in [0.717, 1.165) is 5.56 Å². The Morgan fingerprint density at radius 1 is 1.41 bits per heavy atom. The lowest BCUT2D eigenvalue weighted by Crippen LogP contribution is -2.33. The number of aryl methyl sites for hydroxylation is 1. The Hall–Kier alpha value is -1.59. The molecular formula is C12H17NO4. The Kier molecular flexibility index (Phi) is 4.09. The molecule has 0 amide bonds. The van der Waals surface area contributed by atoms with Gasteiger partial charge in [-0.05, 0) is 18.1 Å². The van der Waals surface area contributed by atoms with Gasteiger partial charge in [-0.25, -0.2) is 4.79 Å². The Labute approximate surface area is 99.8 Å². The number of hydrogen-bond acceptors (Lipinski definition) is 5. The van der Waals surface area contributed by atoms with Crippen LogP contribution >= 0.6 is 0 Å². The summed E-state index contributed by atoms with van der Waals surface area (Å²) in [5.74, 6) is -3.30. The summed E-state index contributed by atoms with van der Waals surface area (Å²) < 4.78 is 4.55. The van der Waals surface area contributed by atoms with Crippen molar-refractivity contribution in [2.75, 3.05) is 5.73 Å². The van der Waals surface area contributed by atoms with Crippen molar-refractivity contribution in [3.05, 3.63) is 29.3 Å². The molecule has 5 nitrogen and oxygen atoms in total. The van der Waals surface area contributed by atoms with Crippen LogP contribution in [0.3, 0.4) is 0 Å². The number of ether oxygens (including phenoxy) is 1. The number of benzene rings is 1. The van der Waals surface area contributed by atoms with Crippen LogP contribution in [0.15, 0.2) is 18.2 Å². The number of nitrogen functional groups attached to an aromatic ring is 1. The highest BCUT2D eigenvalue weighted by atomic mass is 16.8. The van der Waals surface area contributed by atoms with Gasteiger partial charge >= 0.3 is 11.9 Å². The molecule has 0 aliphatic carbocycles. The van der Waals surface area contributed by atoms with Crippen molar-refractivity contribution in [1.82, 2.24) is 0 Å². The summed E-state index contributed by atoms with van der Waals surface area (Å²) in [7, 11) is 0. The lowest BCUT2D eigenvalue weighted by molar-refractivity contribution is -0.308. The molecule has 5 heteroatoms. The Morgan fingerprint density at radius 3 is 2.59 bits per heavy atom. The van der Waals surface area contributed by atoms with Crippen LogP contribution in [0.2, 0.25) is 0 Å². The third-order valence-corrected chi connectivity index (χ3v) is 2.51. The quantitative estimate of drug-likeness (QED) is 0.414. The van der Waals surface area contributed by atoms with Crippen molar-refractivity contribution in [2.45, 2.75) is 32.7 Å². The molecule has 0 fully saturated rings. The topological polar surface area (TPSA) is 92.8 Å². The number of para-hydroxylation sites is 1. The number of carbonyl (C=O) groups excluding carboxylic acids is 1. The van der Waals surface area contributed by atoms with Gasteiger partial charge in [-0.3, -0.25) is 0 Å². The van der Waals surface area contributed by atoms with Crippen molar-refractivity contribution < 1.29 is 19.7 Å². The number of aliphatic hydroxyl groups is 2. The molecule has 0 atom stereocenters. The summed E-state index contributed by atoms with van der Waals surface area (Å²) in [6.45, 7) is 3.40. The van der Waals surface area contributed by atoms with E-state index in [1.807, 2.05) is 6.92 Å². The summed E-state index contributed by atoms with van der Waals surface area (Å²) in [6.07, 6.45) is 0.566. The van der Waals surface area contributed by atoms with Gasteiger partial charge in [0.05, 0.1) is 5.56 Å². The van der Waals surface area contributed by atoms with E-state index in [4.69, 9.17) is 5.73 Å².